The zero-order valence-electron chi connectivity index (χ0n) is 9.74. The van der Waals surface area contributed by atoms with Crippen LogP contribution in [0.1, 0.15) is 36.2 Å². The Kier molecular flexibility index (Phi) is 2.38. The highest BCUT2D eigenvalue weighted by Gasteiger charge is 2.48. The van der Waals surface area contributed by atoms with Crippen molar-refractivity contribution in [1.82, 2.24) is 10.3 Å². The molecule has 1 saturated heterocycles. The molecule has 1 N–H and O–H groups in total. The van der Waals surface area contributed by atoms with E-state index in [9.17, 15) is 13.6 Å². The van der Waals surface area contributed by atoms with Crippen molar-refractivity contribution >= 4 is 5.91 Å². The number of carbonyl (C=O) groups is 1. The van der Waals surface area contributed by atoms with Crippen molar-refractivity contribution in [1.29, 1.82) is 0 Å². The number of alkyl halides is 2. The second-order valence-corrected chi connectivity index (χ2v) is 4.76. The number of hydrogen-bond donors (Lipinski definition) is 1. The third kappa shape index (κ3) is 1.45. The van der Waals surface area contributed by atoms with Crippen molar-refractivity contribution in [2.75, 3.05) is 13.2 Å². The number of rotatable bonds is 1. The maximum Gasteiger partial charge on any atom is 0.280 e. The Bertz CT molecular complexity index is 515. The van der Waals surface area contributed by atoms with Crippen molar-refractivity contribution in [3.8, 4) is 0 Å². The largest absolute Gasteiger partial charge is 0.376 e. The first-order chi connectivity index (χ1) is 8.53. The summed E-state index contributed by atoms with van der Waals surface area (Å²) in [6.07, 6.45) is -2.62. The molecule has 6 heteroatoms. The minimum atomic E-state index is -2.62. The van der Waals surface area contributed by atoms with Gasteiger partial charge in [0.1, 0.15) is 11.2 Å². The SMILES string of the molecule is CC1C(=O)NC2(COC2)c2ccc(C(F)F)nc21. The van der Waals surface area contributed by atoms with Gasteiger partial charge in [-0.15, -0.1) is 0 Å². The summed E-state index contributed by atoms with van der Waals surface area (Å²) in [7, 11) is 0. The minimum absolute atomic E-state index is 0.190. The van der Waals surface area contributed by atoms with E-state index < -0.39 is 17.9 Å². The van der Waals surface area contributed by atoms with Gasteiger partial charge in [0, 0.05) is 5.56 Å². The standard InChI is InChI=1S/C12H12F2N2O2/c1-6-9-7(2-3-8(15-9)10(13)14)12(4-18-5-12)16-11(6)17/h2-3,6,10H,4-5H2,1H3,(H,16,17). The summed E-state index contributed by atoms with van der Waals surface area (Å²) in [4.78, 5) is 15.8. The van der Waals surface area contributed by atoms with Gasteiger partial charge in [-0.2, -0.15) is 0 Å². The number of ether oxygens (including phenoxy) is 1. The summed E-state index contributed by atoms with van der Waals surface area (Å²) in [5.74, 6) is -0.699. The van der Waals surface area contributed by atoms with Crippen LogP contribution in [-0.2, 0) is 15.1 Å². The number of hydrogen-bond acceptors (Lipinski definition) is 3. The number of carbonyl (C=O) groups excluding carboxylic acids is 1. The molecule has 1 unspecified atom stereocenters. The number of halogens is 2. The third-order valence-electron chi connectivity index (χ3n) is 3.55. The predicted octanol–water partition coefficient (Wildman–Crippen LogP) is 1.48. The molecule has 4 nitrogen and oxygen atoms in total. The van der Waals surface area contributed by atoms with Crippen LogP contribution in [0.3, 0.4) is 0 Å². The highest BCUT2D eigenvalue weighted by atomic mass is 19.3. The van der Waals surface area contributed by atoms with E-state index in [1.54, 1.807) is 13.0 Å². The molecule has 2 aliphatic rings. The fourth-order valence-corrected chi connectivity index (χ4v) is 2.42. The van der Waals surface area contributed by atoms with Crippen molar-refractivity contribution in [3.63, 3.8) is 0 Å². The van der Waals surface area contributed by atoms with Crippen LogP contribution < -0.4 is 5.32 Å². The zero-order valence-corrected chi connectivity index (χ0v) is 9.74. The van der Waals surface area contributed by atoms with Gasteiger partial charge >= 0.3 is 0 Å². The second kappa shape index (κ2) is 3.71. The van der Waals surface area contributed by atoms with Gasteiger partial charge in [0.05, 0.1) is 24.8 Å². The average Bonchev–Trinajstić information content (AvgIpc) is 2.31. The minimum Gasteiger partial charge on any atom is -0.376 e. The van der Waals surface area contributed by atoms with Crippen LogP contribution in [0.2, 0.25) is 0 Å². The zero-order chi connectivity index (χ0) is 12.9. The lowest BCUT2D eigenvalue weighted by Gasteiger charge is -2.46. The predicted molar refractivity (Wildman–Crippen MR) is 58.2 cm³/mol. The molecule has 0 saturated carbocycles. The number of fused-ring (bicyclic) bond motifs is 2. The van der Waals surface area contributed by atoms with E-state index >= 15 is 0 Å². The van der Waals surface area contributed by atoms with Crippen LogP contribution in [0.25, 0.3) is 0 Å². The molecule has 0 bridgehead atoms. The molecule has 1 spiro atoms. The first-order valence-electron chi connectivity index (χ1n) is 5.73. The lowest BCUT2D eigenvalue weighted by Crippen LogP contribution is -2.63. The van der Waals surface area contributed by atoms with Crippen LogP contribution in [0.4, 0.5) is 8.78 Å². The van der Waals surface area contributed by atoms with Crippen LogP contribution in [0.15, 0.2) is 12.1 Å². The summed E-state index contributed by atoms with van der Waals surface area (Å²) >= 11 is 0. The number of pyridine rings is 1. The van der Waals surface area contributed by atoms with E-state index in [1.165, 1.54) is 6.07 Å². The van der Waals surface area contributed by atoms with Gasteiger partial charge in [0.15, 0.2) is 0 Å². The molecule has 0 aliphatic carbocycles. The quantitative estimate of drug-likeness (QED) is 0.825. The lowest BCUT2D eigenvalue weighted by molar-refractivity contribution is -0.137. The normalized spacial score (nSPS) is 24.7. The fourth-order valence-electron chi connectivity index (χ4n) is 2.42. The van der Waals surface area contributed by atoms with Gasteiger partial charge in [0.2, 0.25) is 5.91 Å². The maximum atomic E-state index is 12.7. The van der Waals surface area contributed by atoms with Crippen LogP contribution >= 0.6 is 0 Å². The molecule has 1 amide bonds. The molecular weight excluding hydrogens is 242 g/mol. The summed E-state index contributed by atoms with van der Waals surface area (Å²) in [6.45, 7) is 2.41. The lowest BCUT2D eigenvalue weighted by atomic mass is 9.79. The summed E-state index contributed by atoms with van der Waals surface area (Å²) in [6, 6.07) is 2.94. The molecule has 3 heterocycles. The summed E-state index contributed by atoms with van der Waals surface area (Å²) in [5, 5.41) is 2.89. The van der Waals surface area contributed by atoms with Crippen molar-refractivity contribution < 1.29 is 18.3 Å². The topological polar surface area (TPSA) is 51.2 Å². The van der Waals surface area contributed by atoms with Gasteiger partial charge in [-0.05, 0) is 13.0 Å². The van der Waals surface area contributed by atoms with E-state index in [0.29, 0.717) is 18.9 Å². The van der Waals surface area contributed by atoms with Gasteiger partial charge in [-0.25, -0.2) is 8.78 Å². The monoisotopic (exact) mass is 254 g/mol. The molecule has 1 aromatic heterocycles. The van der Waals surface area contributed by atoms with Gasteiger partial charge in [-0.3, -0.25) is 9.78 Å². The molecule has 0 radical (unpaired) electrons. The van der Waals surface area contributed by atoms with Gasteiger partial charge in [0.25, 0.3) is 6.43 Å². The van der Waals surface area contributed by atoms with Crippen molar-refractivity contribution in [2.45, 2.75) is 24.8 Å². The Morgan fingerprint density at radius 3 is 2.78 bits per heavy atom. The Hall–Kier alpha value is -1.56. The van der Waals surface area contributed by atoms with E-state index in [0.717, 1.165) is 5.56 Å². The van der Waals surface area contributed by atoms with Crippen LogP contribution in [0.5, 0.6) is 0 Å². The first-order valence-corrected chi connectivity index (χ1v) is 5.73. The molecule has 1 atom stereocenters. The summed E-state index contributed by atoms with van der Waals surface area (Å²) in [5.41, 5.74) is 0.392. The molecule has 96 valence electrons. The summed E-state index contributed by atoms with van der Waals surface area (Å²) < 4.78 is 30.5. The Labute approximate surface area is 102 Å². The molecule has 0 aromatic carbocycles. The van der Waals surface area contributed by atoms with E-state index in [4.69, 9.17) is 4.74 Å². The smallest absolute Gasteiger partial charge is 0.280 e. The van der Waals surface area contributed by atoms with E-state index in [1.807, 2.05) is 0 Å². The fraction of sp³-hybridized carbons (Fsp3) is 0.500. The third-order valence-corrected chi connectivity index (χ3v) is 3.55. The second-order valence-electron chi connectivity index (χ2n) is 4.76. The highest BCUT2D eigenvalue weighted by Crippen LogP contribution is 2.39. The number of aromatic nitrogens is 1. The van der Waals surface area contributed by atoms with Crippen LogP contribution in [-0.4, -0.2) is 24.1 Å². The average molecular weight is 254 g/mol. The Morgan fingerprint density at radius 2 is 2.22 bits per heavy atom. The highest BCUT2D eigenvalue weighted by molar-refractivity contribution is 5.86. The van der Waals surface area contributed by atoms with Crippen molar-refractivity contribution in [3.05, 3.63) is 29.1 Å². The van der Waals surface area contributed by atoms with Crippen molar-refractivity contribution in [2.24, 2.45) is 0 Å². The molecule has 1 aromatic rings. The molecule has 18 heavy (non-hydrogen) atoms. The number of nitrogens with one attached hydrogen (secondary N) is 1. The van der Waals surface area contributed by atoms with E-state index in [-0.39, 0.29) is 11.6 Å². The van der Waals surface area contributed by atoms with Crippen LogP contribution in [0, 0.1) is 0 Å². The molecule has 2 aliphatic heterocycles. The Balaban J connectivity index is 2.13. The first kappa shape index (κ1) is 11.5. The number of amides is 1. The molecule has 3 rings (SSSR count). The molecular formula is C12H12F2N2O2. The van der Waals surface area contributed by atoms with E-state index in [2.05, 4.69) is 10.3 Å². The van der Waals surface area contributed by atoms with Gasteiger partial charge in [-0.1, -0.05) is 6.07 Å². The molecule has 1 fully saturated rings. The van der Waals surface area contributed by atoms with Gasteiger partial charge < -0.3 is 10.1 Å². The number of nitrogens with zero attached hydrogens (tertiary/aromatic N) is 1. The Morgan fingerprint density at radius 1 is 1.50 bits per heavy atom. The maximum absolute atomic E-state index is 12.7.